The van der Waals surface area contributed by atoms with Crippen molar-refractivity contribution in [1.29, 1.82) is 0 Å². The molecule has 0 saturated heterocycles. The lowest BCUT2D eigenvalue weighted by atomic mass is 10.1. The van der Waals surface area contributed by atoms with Crippen molar-refractivity contribution in [2.24, 2.45) is 5.92 Å². The Hall–Kier alpha value is -3.64. The first-order valence-corrected chi connectivity index (χ1v) is 17.5. The fourth-order valence-corrected chi connectivity index (χ4v) is 4.79. The largest absolute Gasteiger partial charge is 0.453 e. The Morgan fingerprint density at radius 2 is 1.93 bits per heavy atom. The first-order valence-electron chi connectivity index (χ1n) is 13.8. The Bertz CT molecular complexity index is 1280. The quantitative estimate of drug-likeness (QED) is 0.202. The molecular weight excluding hydrogens is 542 g/mol. The molecule has 0 radical (unpaired) electrons. The summed E-state index contributed by atoms with van der Waals surface area (Å²) in [7, 11) is -0.0125. The molecule has 2 heterocycles. The van der Waals surface area contributed by atoms with Gasteiger partial charge >= 0.3 is 12.2 Å². The number of carbonyl (C=O) groups is 3. The van der Waals surface area contributed by atoms with Crippen LogP contribution in [0.4, 0.5) is 21.0 Å². The summed E-state index contributed by atoms with van der Waals surface area (Å²) in [5.41, 5.74) is 1.46. The van der Waals surface area contributed by atoms with E-state index in [9.17, 15) is 14.4 Å². The zero-order valence-electron chi connectivity index (χ0n) is 25.3. The number of rotatable bonds is 7. The number of amides is 3. The molecule has 2 aromatic rings. The van der Waals surface area contributed by atoms with E-state index in [0.717, 1.165) is 6.04 Å². The van der Waals surface area contributed by atoms with Gasteiger partial charge in [-0.2, -0.15) is 0 Å². The van der Waals surface area contributed by atoms with Crippen LogP contribution in [0.5, 0.6) is 0 Å². The lowest BCUT2D eigenvalue weighted by Crippen LogP contribution is -2.36. The van der Waals surface area contributed by atoms with Crippen LogP contribution in [-0.2, 0) is 25.7 Å². The third-order valence-corrected chi connectivity index (χ3v) is 7.94. The minimum absolute atomic E-state index is 0.232. The maximum atomic E-state index is 13.1. The molecule has 3 amide bonds. The average molecular weight is 586 g/mol. The molecule has 1 aromatic heterocycles. The molecule has 1 aromatic carbocycles. The number of methoxy groups -OCH3 is 1. The van der Waals surface area contributed by atoms with E-state index in [0.29, 0.717) is 41.5 Å². The van der Waals surface area contributed by atoms with Gasteiger partial charge in [0.1, 0.15) is 18.2 Å². The normalized spacial score (nSPS) is 17.4. The van der Waals surface area contributed by atoms with Gasteiger partial charge < -0.3 is 29.4 Å². The second-order valence-corrected chi connectivity index (χ2v) is 17.9. The number of imidazole rings is 1. The van der Waals surface area contributed by atoms with Crippen molar-refractivity contribution in [3.05, 3.63) is 42.4 Å². The fraction of sp³-hybridized carbons (Fsp3) is 0.517. The van der Waals surface area contributed by atoms with Crippen LogP contribution in [0.25, 0.3) is 11.3 Å². The Morgan fingerprint density at radius 3 is 2.59 bits per heavy atom. The maximum Gasteiger partial charge on any atom is 0.411 e. The number of aromatic nitrogens is 2. The van der Waals surface area contributed by atoms with Crippen LogP contribution in [0.1, 0.15) is 46.0 Å². The van der Waals surface area contributed by atoms with Gasteiger partial charge in [0.2, 0.25) is 5.91 Å². The van der Waals surface area contributed by atoms with Crippen LogP contribution < -0.4 is 16.0 Å². The molecule has 0 spiro atoms. The summed E-state index contributed by atoms with van der Waals surface area (Å²) < 4.78 is 18.2. The summed E-state index contributed by atoms with van der Waals surface area (Å²) in [6, 6.07) is 5.60. The number of fused-ring (bicyclic) bond motifs is 4. The van der Waals surface area contributed by atoms with E-state index >= 15 is 0 Å². The lowest BCUT2D eigenvalue weighted by molar-refractivity contribution is -0.118. The first kappa shape index (κ1) is 31.9. The van der Waals surface area contributed by atoms with E-state index in [2.05, 4.69) is 35.6 Å². The number of alkyl carbamates (subject to hydrolysis) is 1. The van der Waals surface area contributed by atoms with Gasteiger partial charge in [0, 0.05) is 32.1 Å². The molecule has 41 heavy (non-hydrogen) atoms. The van der Waals surface area contributed by atoms with Crippen molar-refractivity contribution in [2.75, 3.05) is 24.4 Å². The third-order valence-electron chi connectivity index (χ3n) is 6.23. The number of hydrogen-bond donors (Lipinski definition) is 3. The minimum Gasteiger partial charge on any atom is -0.453 e. The van der Waals surface area contributed by atoms with Gasteiger partial charge in [-0.3, -0.25) is 10.1 Å². The van der Waals surface area contributed by atoms with Gasteiger partial charge in [0.25, 0.3) is 0 Å². The van der Waals surface area contributed by atoms with Gasteiger partial charge in [-0.1, -0.05) is 38.7 Å². The Kier molecular flexibility index (Phi) is 10.4. The van der Waals surface area contributed by atoms with E-state index in [1.165, 1.54) is 7.11 Å². The summed E-state index contributed by atoms with van der Waals surface area (Å²) in [6.45, 7) is 14.9. The van der Waals surface area contributed by atoms with E-state index in [-0.39, 0.29) is 12.6 Å². The van der Waals surface area contributed by atoms with Crippen LogP contribution in [0.3, 0.4) is 0 Å². The second-order valence-electron chi connectivity index (χ2n) is 12.3. The molecular formula is C29H43N5O6Si. The van der Waals surface area contributed by atoms with Crippen molar-refractivity contribution in [3.8, 4) is 11.3 Å². The smallest absolute Gasteiger partial charge is 0.411 e. The zero-order chi connectivity index (χ0) is 30.4. The Labute approximate surface area is 243 Å². The van der Waals surface area contributed by atoms with E-state index in [1.54, 1.807) is 52.0 Å². The molecule has 0 unspecified atom stereocenters. The monoisotopic (exact) mass is 585 g/mol. The van der Waals surface area contributed by atoms with Crippen molar-refractivity contribution in [3.63, 3.8) is 0 Å². The standard InChI is InChI=1S/C29H43N5O6Si/c1-19-10-9-11-22(33-28(37)40-29(2,3)4)25-31-24(17-34(25)18-39-14-15-41(6,7)8)21-13-12-20(30-27(36)38-5)16-23(21)32-26(19)35/h9-10,12-13,16-17,19,22H,11,14-15,18H2,1-8H3,(H,30,36)(H,32,35)(H,33,37)/t19-,22-/m0/s1. The van der Waals surface area contributed by atoms with Crippen molar-refractivity contribution < 1.29 is 28.6 Å². The molecule has 2 bridgehead atoms. The second kappa shape index (κ2) is 13.3. The highest BCUT2D eigenvalue weighted by Crippen LogP contribution is 2.33. The fourth-order valence-electron chi connectivity index (χ4n) is 4.03. The van der Waals surface area contributed by atoms with Crippen LogP contribution in [0.15, 0.2) is 36.5 Å². The van der Waals surface area contributed by atoms with Gasteiger partial charge in [0.15, 0.2) is 0 Å². The highest BCUT2D eigenvalue weighted by molar-refractivity contribution is 6.76. The summed E-state index contributed by atoms with van der Waals surface area (Å²) >= 11 is 0. The molecule has 2 atom stereocenters. The van der Waals surface area contributed by atoms with Gasteiger partial charge in [-0.25, -0.2) is 14.6 Å². The maximum absolute atomic E-state index is 13.1. The number of nitrogens with zero attached hydrogens (tertiary/aromatic N) is 2. The molecule has 0 aliphatic carbocycles. The number of anilines is 2. The number of carbonyl (C=O) groups excluding carboxylic acids is 3. The van der Waals surface area contributed by atoms with Crippen LogP contribution >= 0.6 is 0 Å². The lowest BCUT2D eigenvalue weighted by Gasteiger charge is -2.24. The highest BCUT2D eigenvalue weighted by atomic mass is 28.3. The SMILES string of the molecule is COC(=O)Nc1ccc2c(c1)NC(=O)[C@@H](C)C=CC[C@H](NC(=O)OC(C)(C)C)c1nc-2cn1COCC[Si](C)(C)C. The summed E-state index contributed by atoms with van der Waals surface area (Å²) in [5.74, 6) is -0.105. The van der Waals surface area contributed by atoms with Crippen LogP contribution in [0.2, 0.25) is 25.7 Å². The van der Waals surface area contributed by atoms with E-state index in [4.69, 9.17) is 19.2 Å². The van der Waals surface area contributed by atoms with Crippen molar-refractivity contribution in [2.45, 2.75) is 78.2 Å². The molecule has 11 nitrogen and oxygen atoms in total. The average Bonchev–Trinajstić information content (AvgIpc) is 3.27. The summed E-state index contributed by atoms with van der Waals surface area (Å²) in [6.07, 6.45) is 4.68. The molecule has 3 rings (SSSR count). The van der Waals surface area contributed by atoms with Gasteiger partial charge in [0.05, 0.1) is 30.5 Å². The summed E-state index contributed by atoms with van der Waals surface area (Å²) in [5, 5.41) is 8.56. The Morgan fingerprint density at radius 1 is 1.20 bits per heavy atom. The first-order chi connectivity index (χ1) is 19.1. The van der Waals surface area contributed by atoms with Gasteiger partial charge in [-0.05, 0) is 51.4 Å². The van der Waals surface area contributed by atoms with Crippen LogP contribution in [-0.4, -0.2) is 55.0 Å². The molecule has 0 saturated carbocycles. The third kappa shape index (κ3) is 9.75. The topological polar surface area (TPSA) is 133 Å². The number of hydrogen-bond acceptors (Lipinski definition) is 7. The summed E-state index contributed by atoms with van der Waals surface area (Å²) in [4.78, 5) is 42.6. The van der Waals surface area contributed by atoms with Crippen molar-refractivity contribution in [1.82, 2.24) is 14.9 Å². The molecule has 3 N–H and O–H groups in total. The molecule has 1 aliphatic heterocycles. The van der Waals surface area contributed by atoms with E-state index in [1.807, 2.05) is 16.8 Å². The van der Waals surface area contributed by atoms with Crippen molar-refractivity contribution >= 4 is 37.5 Å². The van der Waals surface area contributed by atoms with E-state index < -0.39 is 37.8 Å². The Balaban J connectivity index is 2.08. The molecule has 12 heteroatoms. The van der Waals surface area contributed by atoms with Crippen LogP contribution in [0, 0.1) is 5.92 Å². The number of benzene rings is 1. The highest BCUT2D eigenvalue weighted by Gasteiger charge is 2.26. The molecule has 0 fully saturated rings. The number of ether oxygens (including phenoxy) is 3. The molecule has 224 valence electrons. The van der Waals surface area contributed by atoms with Gasteiger partial charge in [-0.15, -0.1) is 0 Å². The predicted octanol–water partition coefficient (Wildman–Crippen LogP) is 6.14. The minimum atomic E-state index is -1.29. The zero-order valence-corrected chi connectivity index (χ0v) is 26.3. The number of nitrogens with one attached hydrogen (secondary N) is 3. The predicted molar refractivity (Wildman–Crippen MR) is 161 cm³/mol. The molecule has 1 aliphatic rings.